The van der Waals surface area contributed by atoms with Crippen LogP contribution < -0.4 is 0 Å². The Morgan fingerprint density at radius 2 is 2.14 bits per heavy atom. The molecule has 0 aliphatic carbocycles. The molecule has 0 aromatic rings. The molecule has 0 aliphatic heterocycles. The van der Waals surface area contributed by atoms with Gasteiger partial charge >= 0.3 is 0 Å². The predicted octanol–water partition coefficient (Wildman–Crippen LogP) is 1.63. The lowest BCUT2D eigenvalue weighted by molar-refractivity contribution is 1.46. The van der Waals surface area contributed by atoms with Crippen molar-refractivity contribution in [2.24, 2.45) is 0 Å². The third-order valence-electron chi connectivity index (χ3n) is 0.940. The molecule has 0 amide bonds. The number of hydrogen-bond acceptors (Lipinski definition) is 0. The fourth-order valence-corrected chi connectivity index (χ4v) is 0.185. The van der Waals surface area contributed by atoms with E-state index in [9.17, 15) is 0 Å². The minimum Gasteiger partial charge on any atom is -0.106 e. The summed E-state index contributed by atoms with van der Waals surface area (Å²) in [6.07, 6.45) is 1.93. The summed E-state index contributed by atoms with van der Waals surface area (Å²) < 4.78 is 0. The number of rotatable bonds is 1. The molecule has 0 fully saturated rings. The van der Waals surface area contributed by atoms with Crippen molar-refractivity contribution < 1.29 is 0 Å². The van der Waals surface area contributed by atoms with Gasteiger partial charge in [-0.25, -0.2) is 0 Å². The first-order valence-electron chi connectivity index (χ1n) is 2.26. The van der Waals surface area contributed by atoms with E-state index in [0.29, 0.717) is 5.47 Å². The Labute approximate surface area is 46.3 Å². The van der Waals surface area contributed by atoms with Crippen LogP contribution in [0.1, 0.15) is 13.8 Å². The molecule has 0 unspecified atom stereocenters. The second-order valence-corrected chi connectivity index (χ2v) is 1.50. The first kappa shape index (κ1) is 6.54. The maximum atomic E-state index is 5.28. The predicted molar refractivity (Wildman–Crippen MR) is 34.3 cm³/mol. The second kappa shape index (κ2) is 2.67. The van der Waals surface area contributed by atoms with E-state index in [1.165, 1.54) is 0 Å². The maximum Gasteiger partial charge on any atom is 0.113 e. The van der Waals surface area contributed by atoms with E-state index in [1.807, 2.05) is 19.9 Å². The minimum absolute atomic E-state index is 0.655. The third kappa shape index (κ3) is 2.27. The molecule has 1 heteroatoms. The van der Waals surface area contributed by atoms with E-state index in [0.717, 1.165) is 5.57 Å². The number of allylic oxidation sites excluding steroid dienone is 3. The molecular formula is C6H9B. The van der Waals surface area contributed by atoms with Gasteiger partial charge in [-0.1, -0.05) is 11.6 Å². The zero-order chi connectivity index (χ0) is 5.86. The van der Waals surface area contributed by atoms with Crippen molar-refractivity contribution in [2.75, 3.05) is 0 Å². The van der Waals surface area contributed by atoms with E-state index >= 15 is 0 Å². The van der Waals surface area contributed by atoms with Gasteiger partial charge in [-0.2, -0.15) is 0 Å². The van der Waals surface area contributed by atoms with Gasteiger partial charge in [0, 0.05) is 0 Å². The average Bonchev–Trinajstić information content (AvgIpc) is 1.65. The quantitative estimate of drug-likeness (QED) is 0.340. The van der Waals surface area contributed by atoms with Crippen LogP contribution in [0.5, 0.6) is 0 Å². The van der Waals surface area contributed by atoms with Gasteiger partial charge in [0.1, 0.15) is 7.85 Å². The number of hydrogen-bond donors (Lipinski definition) is 0. The van der Waals surface area contributed by atoms with Crippen LogP contribution in [-0.2, 0) is 0 Å². The van der Waals surface area contributed by atoms with Gasteiger partial charge in [-0.05, 0) is 13.8 Å². The van der Waals surface area contributed by atoms with Crippen LogP contribution in [-0.4, -0.2) is 7.85 Å². The van der Waals surface area contributed by atoms with Crippen LogP contribution in [0.4, 0.5) is 0 Å². The molecule has 0 saturated heterocycles. The molecule has 0 heterocycles. The molecule has 36 valence electrons. The lowest BCUT2D eigenvalue weighted by Crippen LogP contribution is -1.77. The summed E-state index contributed by atoms with van der Waals surface area (Å²) in [6, 6.07) is 0. The standard InChI is InChI=1S/C6H9B/c1-4-5(2)6(3)7/h4H,3H2,1-2H3. The molecule has 0 rings (SSSR count). The summed E-state index contributed by atoms with van der Waals surface area (Å²) in [5.74, 6) is 0. The molecule has 0 aromatic carbocycles. The van der Waals surface area contributed by atoms with Crippen molar-refractivity contribution in [1.29, 1.82) is 0 Å². The van der Waals surface area contributed by atoms with Crippen LogP contribution >= 0.6 is 0 Å². The average molecular weight is 91.9 g/mol. The molecule has 0 spiro atoms. The highest BCUT2D eigenvalue weighted by molar-refractivity contribution is 6.23. The molecule has 0 atom stereocenters. The molecule has 0 bridgehead atoms. The van der Waals surface area contributed by atoms with Crippen LogP contribution in [0.3, 0.4) is 0 Å². The van der Waals surface area contributed by atoms with E-state index in [4.69, 9.17) is 7.85 Å². The van der Waals surface area contributed by atoms with E-state index in [2.05, 4.69) is 6.58 Å². The Hall–Kier alpha value is -0.455. The highest BCUT2D eigenvalue weighted by Gasteiger charge is 1.81. The van der Waals surface area contributed by atoms with Gasteiger partial charge in [-0.15, -0.1) is 12.1 Å². The van der Waals surface area contributed by atoms with Gasteiger partial charge in [0.2, 0.25) is 0 Å². The fraction of sp³-hybridized carbons (Fsp3) is 0.333. The Morgan fingerprint density at radius 1 is 1.71 bits per heavy atom. The summed E-state index contributed by atoms with van der Waals surface area (Å²) in [7, 11) is 5.28. The Balaban J connectivity index is 3.82. The summed E-state index contributed by atoms with van der Waals surface area (Å²) in [5, 5.41) is 0. The van der Waals surface area contributed by atoms with Gasteiger partial charge in [0.05, 0.1) is 0 Å². The van der Waals surface area contributed by atoms with Crippen LogP contribution in [0.25, 0.3) is 0 Å². The van der Waals surface area contributed by atoms with Crippen molar-refractivity contribution in [1.82, 2.24) is 0 Å². The molecule has 0 nitrogen and oxygen atoms in total. The monoisotopic (exact) mass is 92.1 g/mol. The summed E-state index contributed by atoms with van der Waals surface area (Å²) in [6.45, 7) is 7.41. The maximum absolute atomic E-state index is 5.28. The van der Waals surface area contributed by atoms with Gasteiger partial charge in [0.15, 0.2) is 0 Å². The van der Waals surface area contributed by atoms with Gasteiger partial charge in [0.25, 0.3) is 0 Å². The normalized spacial score (nSPS) is 11.4. The molecule has 0 aliphatic rings. The first-order valence-corrected chi connectivity index (χ1v) is 2.26. The molecule has 0 N–H and O–H groups in total. The Kier molecular flexibility index (Phi) is 2.50. The minimum atomic E-state index is 0.655. The summed E-state index contributed by atoms with van der Waals surface area (Å²) >= 11 is 0. The largest absolute Gasteiger partial charge is 0.113 e. The van der Waals surface area contributed by atoms with Crippen molar-refractivity contribution in [3.05, 3.63) is 23.7 Å². The van der Waals surface area contributed by atoms with Crippen molar-refractivity contribution in [3.63, 3.8) is 0 Å². The molecule has 0 aromatic heterocycles. The van der Waals surface area contributed by atoms with Gasteiger partial charge < -0.3 is 0 Å². The molecule has 0 saturated carbocycles. The van der Waals surface area contributed by atoms with E-state index < -0.39 is 0 Å². The van der Waals surface area contributed by atoms with Crippen molar-refractivity contribution in [3.8, 4) is 0 Å². The lowest BCUT2D eigenvalue weighted by atomic mass is 9.91. The highest BCUT2D eigenvalue weighted by atomic mass is 13.8. The zero-order valence-corrected chi connectivity index (χ0v) is 4.86. The third-order valence-corrected chi connectivity index (χ3v) is 0.940. The zero-order valence-electron chi connectivity index (χ0n) is 4.86. The van der Waals surface area contributed by atoms with Crippen LogP contribution in [0.2, 0.25) is 0 Å². The summed E-state index contributed by atoms with van der Waals surface area (Å²) in [5.41, 5.74) is 1.71. The molecule has 2 radical (unpaired) electrons. The summed E-state index contributed by atoms with van der Waals surface area (Å²) in [4.78, 5) is 0. The van der Waals surface area contributed by atoms with Crippen molar-refractivity contribution >= 4 is 7.85 Å². The lowest BCUT2D eigenvalue weighted by Gasteiger charge is -1.92. The van der Waals surface area contributed by atoms with Gasteiger partial charge in [-0.3, -0.25) is 0 Å². The highest BCUT2D eigenvalue weighted by Crippen LogP contribution is 1.98. The smallest absolute Gasteiger partial charge is 0.106 e. The van der Waals surface area contributed by atoms with Crippen LogP contribution in [0, 0.1) is 0 Å². The van der Waals surface area contributed by atoms with Crippen molar-refractivity contribution in [2.45, 2.75) is 13.8 Å². The van der Waals surface area contributed by atoms with E-state index in [1.54, 1.807) is 0 Å². The first-order chi connectivity index (χ1) is 3.18. The molecule has 7 heavy (non-hydrogen) atoms. The second-order valence-electron chi connectivity index (χ2n) is 1.50. The fourth-order valence-electron chi connectivity index (χ4n) is 0.185. The Morgan fingerprint density at radius 3 is 2.14 bits per heavy atom. The van der Waals surface area contributed by atoms with E-state index in [-0.39, 0.29) is 0 Å². The molecular weight excluding hydrogens is 82.9 g/mol. The topological polar surface area (TPSA) is 0 Å². The SMILES string of the molecule is [B]C(=C)C(C)=CC. The van der Waals surface area contributed by atoms with Crippen LogP contribution in [0.15, 0.2) is 23.7 Å². The Bertz CT molecular complexity index is 101.